The Morgan fingerprint density at radius 2 is 1.83 bits per heavy atom. The Labute approximate surface area is 141 Å². The number of halogens is 2. The molecule has 0 spiro atoms. The first-order valence-electron chi connectivity index (χ1n) is 8.31. The van der Waals surface area contributed by atoms with Crippen LogP contribution >= 0.6 is 11.6 Å². The SMILES string of the molecule is COC1CC(F)C(C2(O)C(N)=NC3CCC(Cl)CC32)CC1OC. The molecule has 1 aliphatic heterocycles. The molecule has 23 heavy (non-hydrogen) atoms. The molecule has 1 heterocycles. The van der Waals surface area contributed by atoms with Gasteiger partial charge in [0.2, 0.25) is 0 Å². The number of methoxy groups -OCH3 is 2. The van der Waals surface area contributed by atoms with Crippen molar-refractivity contribution in [3.05, 3.63) is 0 Å². The minimum atomic E-state index is -1.44. The van der Waals surface area contributed by atoms with Crippen LogP contribution in [0.2, 0.25) is 0 Å². The molecule has 3 rings (SSSR count). The van der Waals surface area contributed by atoms with Crippen molar-refractivity contribution in [2.45, 2.75) is 67.5 Å². The summed E-state index contributed by atoms with van der Waals surface area (Å²) in [6, 6.07) is -0.0525. The van der Waals surface area contributed by atoms with Gasteiger partial charge in [-0.15, -0.1) is 11.6 Å². The highest BCUT2D eigenvalue weighted by Crippen LogP contribution is 2.49. The first-order chi connectivity index (χ1) is 10.9. The molecular weight excluding hydrogens is 323 g/mol. The number of rotatable bonds is 3. The number of hydrogen-bond acceptors (Lipinski definition) is 5. The second kappa shape index (κ2) is 6.47. The summed E-state index contributed by atoms with van der Waals surface area (Å²) in [5.74, 6) is -0.685. The molecule has 7 heteroatoms. The Bertz CT molecular complexity index is 480. The molecule has 0 amide bonds. The van der Waals surface area contributed by atoms with Crippen LogP contribution in [-0.2, 0) is 9.47 Å². The maximum absolute atomic E-state index is 14.9. The third-order valence-corrected chi connectivity index (χ3v) is 6.39. The quantitative estimate of drug-likeness (QED) is 0.760. The van der Waals surface area contributed by atoms with Gasteiger partial charge in [-0.25, -0.2) is 4.39 Å². The fourth-order valence-corrected chi connectivity index (χ4v) is 5.02. The Balaban J connectivity index is 1.87. The van der Waals surface area contributed by atoms with Crippen LogP contribution < -0.4 is 5.73 Å². The molecule has 5 nitrogen and oxygen atoms in total. The number of hydrogen-bond donors (Lipinski definition) is 2. The van der Waals surface area contributed by atoms with Crippen molar-refractivity contribution in [1.29, 1.82) is 0 Å². The minimum Gasteiger partial charge on any atom is -0.385 e. The predicted molar refractivity (Wildman–Crippen MR) is 86.6 cm³/mol. The van der Waals surface area contributed by atoms with Crippen LogP contribution in [0.15, 0.2) is 4.99 Å². The third-order valence-electron chi connectivity index (χ3n) is 6.00. The maximum Gasteiger partial charge on any atom is 0.132 e. The number of alkyl halides is 2. The number of amidine groups is 1. The fraction of sp³-hybridized carbons (Fsp3) is 0.938. The van der Waals surface area contributed by atoms with Gasteiger partial charge in [0, 0.05) is 37.9 Å². The highest BCUT2D eigenvalue weighted by molar-refractivity contribution is 6.20. The van der Waals surface area contributed by atoms with Gasteiger partial charge in [0.15, 0.2) is 0 Å². The van der Waals surface area contributed by atoms with Crippen LogP contribution in [0.4, 0.5) is 4.39 Å². The van der Waals surface area contributed by atoms with Crippen molar-refractivity contribution >= 4 is 17.4 Å². The molecule has 132 valence electrons. The first-order valence-corrected chi connectivity index (χ1v) is 8.75. The van der Waals surface area contributed by atoms with E-state index in [0.29, 0.717) is 12.8 Å². The van der Waals surface area contributed by atoms with Crippen molar-refractivity contribution in [3.63, 3.8) is 0 Å². The topological polar surface area (TPSA) is 77.1 Å². The van der Waals surface area contributed by atoms with Gasteiger partial charge in [-0.1, -0.05) is 0 Å². The van der Waals surface area contributed by atoms with Crippen molar-refractivity contribution in [1.82, 2.24) is 0 Å². The summed E-state index contributed by atoms with van der Waals surface area (Å²) >= 11 is 6.29. The summed E-state index contributed by atoms with van der Waals surface area (Å²) in [5, 5.41) is 11.4. The maximum atomic E-state index is 14.9. The molecule has 0 bridgehead atoms. The van der Waals surface area contributed by atoms with Crippen molar-refractivity contribution in [3.8, 4) is 0 Å². The summed E-state index contributed by atoms with van der Waals surface area (Å²) in [6.45, 7) is 0. The zero-order chi connectivity index (χ0) is 16.8. The van der Waals surface area contributed by atoms with Crippen molar-refractivity contribution in [2.24, 2.45) is 22.6 Å². The van der Waals surface area contributed by atoms with Crippen LogP contribution in [-0.4, -0.2) is 60.6 Å². The van der Waals surface area contributed by atoms with Crippen LogP contribution in [0.5, 0.6) is 0 Å². The molecule has 8 atom stereocenters. The molecule has 0 radical (unpaired) electrons. The van der Waals surface area contributed by atoms with Gasteiger partial charge in [0.1, 0.15) is 17.6 Å². The molecule has 0 saturated heterocycles. The molecule has 0 aromatic carbocycles. The number of nitrogens with zero attached hydrogens (tertiary/aromatic N) is 1. The molecule has 0 aromatic rings. The first kappa shape index (κ1) is 17.4. The number of nitrogens with two attached hydrogens (primary N) is 1. The second-order valence-corrected chi connectivity index (χ2v) is 7.68. The molecule has 2 saturated carbocycles. The largest absolute Gasteiger partial charge is 0.385 e. The summed E-state index contributed by atoms with van der Waals surface area (Å²) in [5.41, 5.74) is 4.65. The molecule has 3 aliphatic rings. The van der Waals surface area contributed by atoms with Crippen LogP contribution in [0.25, 0.3) is 0 Å². The van der Waals surface area contributed by atoms with E-state index >= 15 is 0 Å². The van der Waals surface area contributed by atoms with Gasteiger partial charge >= 0.3 is 0 Å². The summed E-state index contributed by atoms with van der Waals surface area (Å²) < 4.78 is 25.7. The lowest BCUT2D eigenvalue weighted by atomic mass is 9.64. The van der Waals surface area contributed by atoms with Gasteiger partial charge in [-0.05, 0) is 25.7 Å². The van der Waals surface area contributed by atoms with Gasteiger partial charge in [0.25, 0.3) is 0 Å². The zero-order valence-electron chi connectivity index (χ0n) is 13.6. The lowest BCUT2D eigenvalue weighted by Crippen LogP contribution is -2.60. The smallest absolute Gasteiger partial charge is 0.132 e. The average molecular weight is 349 g/mol. The Hall–Kier alpha value is -0.430. The molecular formula is C16H26ClFN2O3. The van der Waals surface area contributed by atoms with Gasteiger partial charge < -0.3 is 20.3 Å². The van der Waals surface area contributed by atoms with E-state index in [4.69, 9.17) is 26.8 Å². The highest BCUT2D eigenvalue weighted by atomic mass is 35.5. The molecule has 3 N–H and O–H groups in total. The Morgan fingerprint density at radius 3 is 2.48 bits per heavy atom. The van der Waals surface area contributed by atoms with E-state index in [1.807, 2.05) is 0 Å². The lowest BCUT2D eigenvalue weighted by molar-refractivity contribution is -0.135. The van der Waals surface area contributed by atoms with E-state index in [1.165, 1.54) is 0 Å². The molecule has 2 fully saturated rings. The van der Waals surface area contributed by atoms with E-state index < -0.39 is 17.7 Å². The van der Waals surface area contributed by atoms with Gasteiger partial charge in [-0.2, -0.15) is 0 Å². The fourth-order valence-electron chi connectivity index (χ4n) is 4.71. The molecule has 2 aliphatic carbocycles. The van der Waals surface area contributed by atoms with E-state index in [2.05, 4.69) is 4.99 Å². The van der Waals surface area contributed by atoms with E-state index in [9.17, 15) is 9.50 Å². The normalized spacial score (nSPS) is 50.5. The van der Waals surface area contributed by atoms with Crippen molar-refractivity contribution < 1.29 is 19.0 Å². The predicted octanol–water partition coefficient (Wildman–Crippen LogP) is 1.64. The average Bonchev–Trinajstić information content (AvgIpc) is 2.79. The lowest BCUT2D eigenvalue weighted by Gasteiger charge is -2.47. The van der Waals surface area contributed by atoms with Crippen LogP contribution in [0, 0.1) is 11.8 Å². The standard InChI is InChI=1S/C16H26ClFN2O3/c1-22-13-6-9(11(18)7-14(13)23-2)16(21)10-5-8(17)3-4-12(10)20-15(16)19/h8-14,21H,3-7H2,1-2H3,(H2,19,20). The summed E-state index contributed by atoms with van der Waals surface area (Å²) in [7, 11) is 3.14. The summed E-state index contributed by atoms with van der Waals surface area (Å²) in [4.78, 5) is 4.44. The van der Waals surface area contributed by atoms with Crippen LogP contribution in [0.3, 0.4) is 0 Å². The van der Waals surface area contributed by atoms with Crippen LogP contribution in [0.1, 0.15) is 32.1 Å². The third kappa shape index (κ3) is 2.77. The zero-order valence-corrected chi connectivity index (χ0v) is 14.4. The highest BCUT2D eigenvalue weighted by Gasteiger charge is 2.59. The van der Waals surface area contributed by atoms with Gasteiger partial charge in [-0.3, -0.25) is 4.99 Å². The number of ether oxygens (including phenoxy) is 2. The van der Waals surface area contributed by atoms with E-state index in [-0.39, 0.29) is 41.8 Å². The minimum absolute atomic E-state index is 0.0181. The summed E-state index contributed by atoms with van der Waals surface area (Å²) in [6.07, 6.45) is 1.03. The Morgan fingerprint density at radius 1 is 1.17 bits per heavy atom. The van der Waals surface area contributed by atoms with Crippen molar-refractivity contribution in [2.75, 3.05) is 14.2 Å². The molecule has 8 unspecified atom stereocenters. The second-order valence-electron chi connectivity index (χ2n) is 7.07. The number of aliphatic hydroxyl groups is 1. The Kier molecular flexibility index (Phi) is 4.89. The monoisotopic (exact) mass is 348 g/mol. The van der Waals surface area contributed by atoms with E-state index in [0.717, 1.165) is 12.8 Å². The van der Waals surface area contributed by atoms with E-state index in [1.54, 1.807) is 14.2 Å². The molecule has 0 aromatic heterocycles. The number of fused-ring (bicyclic) bond motifs is 1. The number of aliphatic imine (C=N–C) groups is 1. The van der Waals surface area contributed by atoms with Gasteiger partial charge in [0.05, 0.1) is 18.2 Å².